The number of nitrogens with zero attached hydrogens (tertiary/aromatic N) is 3. The number of Topliss-reactive ketones (excluding diaryl/α,β-unsaturated/α-hetero) is 1. The molecule has 0 radical (unpaired) electrons. The van der Waals surface area contributed by atoms with E-state index in [-0.39, 0.29) is 11.3 Å². The second-order valence-electron chi connectivity index (χ2n) is 7.69. The number of piperazine rings is 1. The van der Waals surface area contributed by atoms with Crippen LogP contribution < -0.4 is 10.5 Å². The predicted octanol–water partition coefficient (Wildman–Crippen LogP) is 3.77. The van der Waals surface area contributed by atoms with E-state index in [9.17, 15) is 9.59 Å². The van der Waals surface area contributed by atoms with Gasteiger partial charge in [0, 0.05) is 48.4 Å². The number of rotatable bonds is 5. The normalized spacial score (nSPS) is 14.9. The van der Waals surface area contributed by atoms with Gasteiger partial charge in [0.05, 0.1) is 18.2 Å². The maximum Gasteiger partial charge on any atom is 0.260 e. The van der Waals surface area contributed by atoms with Crippen LogP contribution in [0.1, 0.15) is 23.1 Å². The molecule has 158 valence electrons. The predicted molar refractivity (Wildman–Crippen MR) is 122 cm³/mol. The number of nitrogens with one attached hydrogen (secondary N) is 1. The molecule has 1 fully saturated rings. The molecular formula is C23H22N4O3S. The highest BCUT2D eigenvalue weighted by molar-refractivity contribution is 7.17. The number of hydrogen-bond donors (Lipinski definition) is 1. The van der Waals surface area contributed by atoms with Gasteiger partial charge < -0.3 is 14.3 Å². The number of hydrogen-bond acceptors (Lipinski definition) is 7. The zero-order valence-corrected chi connectivity index (χ0v) is 17.9. The summed E-state index contributed by atoms with van der Waals surface area (Å²) in [5, 5.41) is 2.51. The van der Waals surface area contributed by atoms with E-state index >= 15 is 0 Å². The van der Waals surface area contributed by atoms with Gasteiger partial charge in [0.1, 0.15) is 16.4 Å². The first-order valence-electron chi connectivity index (χ1n) is 10.2. The number of H-pyrrole nitrogens is 1. The summed E-state index contributed by atoms with van der Waals surface area (Å²) >= 11 is 1.46. The zero-order chi connectivity index (χ0) is 21.4. The van der Waals surface area contributed by atoms with Gasteiger partial charge >= 0.3 is 0 Å². The summed E-state index contributed by atoms with van der Waals surface area (Å²) in [6.07, 6.45) is 1.60. The minimum absolute atomic E-state index is 0.0804. The van der Waals surface area contributed by atoms with Crippen molar-refractivity contribution in [2.45, 2.75) is 13.5 Å². The number of aromatic amines is 1. The molecule has 1 N–H and O–H groups in total. The lowest BCUT2D eigenvalue weighted by Crippen LogP contribution is -2.46. The van der Waals surface area contributed by atoms with Crippen LogP contribution in [0, 0.1) is 0 Å². The van der Waals surface area contributed by atoms with Crippen molar-refractivity contribution in [1.82, 2.24) is 14.9 Å². The number of thiophene rings is 1. The average Bonchev–Trinajstić information content (AvgIpc) is 3.44. The van der Waals surface area contributed by atoms with E-state index in [1.807, 2.05) is 41.8 Å². The molecule has 7 nitrogen and oxygen atoms in total. The van der Waals surface area contributed by atoms with E-state index in [4.69, 9.17) is 9.40 Å². The van der Waals surface area contributed by atoms with E-state index in [1.165, 1.54) is 11.3 Å². The first-order valence-corrected chi connectivity index (χ1v) is 11.1. The van der Waals surface area contributed by atoms with Gasteiger partial charge in [0.15, 0.2) is 5.78 Å². The molecule has 8 heteroatoms. The Kier molecular flexibility index (Phi) is 5.17. The van der Waals surface area contributed by atoms with Gasteiger partial charge in [-0.3, -0.25) is 14.5 Å². The van der Waals surface area contributed by atoms with E-state index in [0.717, 1.165) is 47.8 Å². The van der Waals surface area contributed by atoms with Gasteiger partial charge in [-0.05, 0) is 43.3 Å². The Morgan fingerprint density at radius 2 is 1.94 bits per heavy atom. The molecule has 4 aromatic rings. The maximum absolute atomic E-state index is 12.7. The second kappa shape index (κ2) is 8.13. The highest BCUT2D eigenvalue weighted by atomic mass is 32.1. The van der Waals surface area contributed by atoms with Crippen LogP contribution in [0.15, 0.2) is 57.3 Å². The molecule has 3 aromatic heterocycles. The number of aromatic nitrogens is 2. The van der Waals surface area contributed by atoms with Crippen molar-refractivity contribution >= 4 is 33.0 Å². The van der Waals surface area contributed by atoms with Crippen molar-refractivity contribution < 1.29 is 9.21 Å². The third kappa shape index (κ3) is 3.92. The number of furan rings is 1. The third-order valence-electron chi connectivity index (χ3n) is 5.66. The second-order valence-corrected chi connectivity index (χ2v) is 8.54. The summed E-state index contributed by atoms with van der Waals surface area (Å²) in [5.74, 6) is 1.44. The van der Waals surface area contributed by atoms with Crippen molar-refractivity contribution in [2.24, 2.45) is 0 Å². The van der Waals surface area contributed by atoms with Crippen LogP contribution in [0.4, 0.5) is 5.69 Å². The lowest BCUT2D eigenvalue weighted by atomic mass is 10.1. The monoisotopic (exact) mass is 434 g/mol. The van der Waals surface area contributed by atoms with Crippen LogP contribution in [-0.4, -0.2) is 46.8 Å². The number of anilines is 1. The SMILES string of the molecule is CC(=O)c1ccc(N2CCN(Cc3nc4scc(-c5ccco5)c4c(=O)[nH]3)CC2)cc1. The molecule has 0 saturated carbocycles. The molecule has 1 saturated heterocycles. The number of fused-ring (bicyclic) bond motifs is 1. The van der Waals surface area contributed by atoms with Crippen molar-refractivity contribution in [3.05, 3.63) is 69.8 Å². The first kappa shape index (κ1) is 19.7. The van der Waals surface area contributed by atoms with E-state index < -0.39 is 0 Å². The Hall–Kier alpha value is -3.23. The third-order valence-corrected chi connectivity index (χ3v) is 6.54. The smallest absolute Gasteiger partial charge is 0.260 e. The molecule has 5 rings (SSSR count). The molecule has 0 spiro atoms. The van der Waals surface area contributed by atoms with E-state index in [1.54, 1.807) is 13.2 Å². The molecule has 1 aromatic carbocycles. The molecule has 31 heavy (non-hydrogen) atoms. The zero-order valence-electron chi connectivity index (χ0n) is 17.1. The molecule has 4 heterocycles. The van der Waals surface area contributed by atoms with Crippen molar-refractivity contribution in [3.8, 4) is 11.3 Å². The topological polar surface area (TPSA) is 82.4 Å². The lowest BCUT2D eigenvalue weighted by molar-refractivity contribution is 0.101. The lowest BCUT2D eigenvalue weighted by Gasteiger charge is -2.35. The van der Waals surface area contributed by atoms with Gasteiger partial charge in [-0.25, -0.2) is 4.98 Å². The highest BCUT2D eigenvalue weighted by Gasteiger charge is 2.20. The van der Waals surface area contributed by atoms with Crippen LogP contribution >= 0.6 is 11.3 Å². The minimum Gasteiger partial charge on any atom is -0.464 e. The Bertz CT molecular complexity index is 1270. The molecular weight excluding hydrogens is 412 g/mol. The summed E-state index contributed by atoms with van der Waals surface area (Å²) in [7, 11) is 0. The van der Waals surface area contributed by atoms with Gasteiger partial charge in [-0.1, -0.05) is 0 Å². The highest BCUT2D eigenvalue weighted by Crippen LogP contribution is 2.31. The van der Waals surface area contributed by atoms with Crippen molar-refractivity contribution in [2.75, 3.05) is 31.1 Å². The Labute approximate surface area is 182 Å². The minimum atomic E-state index is -0.128. The fourth-order valence-corrected chi connectivity index (χ4v) is 4.91. The van der Waals surface area contributed by atoms with Gasteiger partial charge in [0.25, 0.3) is 5.56 Å². The quantitative estimate of drug-likeness (QED) is 0.482. The Morgan fingerprint density at radius 1 is 1.16 bits per heavy atom. The maximum atomic E-state index is 12.7. The number of ketones is 1. The van der Waals surface area contributed by atoms with E-state index in [0.29, 0.717) is 23.5 Å². The average molecular weight is 435 g/mol. The number of carbonyl (C=O) groups is 1. The summed E-state index contributed by atoms with van der Waals surface area (Å²) in [4.78, 5) is 37.2. The molecule has 1 aliphatic heterocycles. The number of benzene rings is 1. The van der Waals surface area contributed by atoms with Gasteiger partial charge in [-0.2, -0.15) is 0 Å². The van der Waals surface area contributed by atoms with Crippen LogP contribution in [-0.2, 0) is 6.54 Å². The summed E-state index contributed by atoms with van der Waals surface area (Å²) in [5.41, 5.74) is 2.52. The molecule has 0 aliphatic carbocycles. The molecule has 0 atom stereocenters. The summed E-state index contributed by atoms with van der Waals surface area (Å²) in [6, 6.07) is 11.4. The van der Waals surface area contributed by atoms with E-state index in [2.05, 4.69) is 14.8 Å². The molecule has 0 amide bonds. The Morgan fingerprint density at radius 3 is 2.61 bits per heavy atom. The van der Waals surface area contributed by atoms with Gasteiger partial charge in [-0.15, -0.1) is 11.3 Å². The molecule has 0 unspecified atom stereocenters. The fraction of sp³-hybridized carbons (Fsp3) is 0.261. The Balaban J connectivity index is 1.27. The van der Waals surface area contributed by atoms with Gasteiger partial charge in [0.2, 0.25) is 0 Å². The summed E-state index contributed by atoms with van der Waals surface area (Å²) in [6.45, 7) is 5.70. The van der Waals surface area contributed by atoms with Crippen molar-refractivity contribution in [3.63, 3.8) is 0 Å². The molecule has 0 bridgehead atoms. The van der Waals surface area contributed by atoms with Crippen molar-refractivity contribution in [1.29, 1.82) is 0 Å². The number of carbonyl (C=O) groups excluding carboxylic acids is 1. The standard InChI is InChI=1S/C23H22N4O3S/c1-15(28)16-4-6-17(7-5-16)27-10-8-26(9-11-27)13-20-24-22(29)21-18(14-31-23(21)25-20)19-3-2-12-30-19/h2-7,12,14H,8-11,13H2,1H3,(H,24,25,29). The largest absolute Gasteiger partial charge is 0.464 e. The first-order chi connectivity index (χ1) is 15.1. The van der Waals surface area contributed by atoms with Crippen LogP contribution in [0.25, 0.3) is 21.5 Å². The van der Waals surface area contributed by atoms with Crippen LogP contribution in [0.2, 0.25) is 0 Å². The summed E-state index contributed by atoms with van der Waals surface area (Å²) < 4.78 is 5.45. The fourth-order valence-electron chi connectivity index (χ4n) is 3.96. The molecule has 1 aliphatic rings. The van der Waals surface area contributed by atoms with Crippen LogP contribution in [0.5, 0.6) is 0 Å². The van der Waals surface area contributed by atoms with Crippen LogP contribution in [0.3, 0.4) is 0 Å².